The van der Waals surface area contributed by atoms with Gasteiger partial charge in [0.15, 0.2) is 5.69 Å². The van der Waals surface area contributed by atoms with Gasteiger partial charge in [-0.05, 0) is 31.6 Å². The van der Waals surface area contributed by atoms with Gasteiger partial charge in [-0.3, -0.25) is 0 Å². The average Bonchev–Trinajstić information content (AvgIpc) is 2.46. The Hall–Kier alpha value is -2.16. The summed E-state index contributed by atoms with van der Waals surface area (Å²) in [6.07, 6.45) is 6.71. The van der Waals surface area contributed by atoms with E-state index < -0.39 is 5.97 Å². The predicted molar refractivity (Wildman–Crippen MR) is 68.5 cm³/mol. The van der Waals surface area contributed by atoms with Crippen LogP contribution in [0.25, 0.3) is 0 Å². The lowest BCUT2D eigenvalue weighted by Crippen LogP contribution is -2.21. The largest absolute Gasteiger partial charge is 0.476 e. The van der Waals surface area contributed by atoms with Gasteiger partial charge in [0.1, 0.15) is 5.82 Å². The lowest BCUT2D eigenvalue weighted by molar-refractivity contribution is 0.0690. The molecular formula is C13H16N4O2. The highest BCUT2D eigenvalue weighted by Gasteiger charge is 2.20. The maximum atomic E-state index is 10.6. The van der Waals surface area contributed by atoms with Gasteiger partial charge < -0.3 is 10.4 Å². The summed E-state index contributed by atoms with van der Waals surface area (Å²) in [7, 11) is 0. The molecule has 19 heavy (non-hydrogen) atoms. The first-order valence-corrected chi connectivity index (χ1v) is 6.38. The van der Waals surface area contributed by atoms with Crippen LogP contribution in [0.15, 0.2) is 12.4 Å². The van der Waals surface area contributed by atoms with Crippen LogP contribution in [0, 0.1) is 23.2 Å². The molecule has 0 radical (unpaired) electrons. The van der Waals surface area contributed by atoms with Gasteiger partial charge in [-0.25, -0.2) is 14.8 Å². The summed E-state index contributed by atoms with van der Waals surface area (Å²) in [5, 5.41) is 20.7. The molecule has 1 aliphatic rings. The van der Waals surface area contributed by atoms with Crippen molar-refractivity contribution in [2.45, 2.75) is 25.7 Å². The molecule has 1 saturated carbocycles. The van der Waals surface area contributed by atoms with Crippen LogP contribution < -0.4 is 5.32 Å². The molecule has 1 aromatic heterocycles. The second-order valence-corrected chi connectivity index (χ2v) is 4.82. The Balaban J connectivity index is 1.80. The lowest BCUT2D eigenvalue weighted by atomic mass is 9.83. The molecule has 1 aliphatic carbocycles. The number of anilines is 1. The molecule has 2 rings (SSSR count). The maximum Gasteiger partial charge on any atom is 0.356 e. The van der Waals surface area contributed by atoms with Crippen molar-refractivity contribution in [1.29, 1.82) is 5.26 Å². The molecule has 0 amide bonds. The van der Waals surface area contributed by atoms with Crippen LogP contribution in [-0.4, -0.2) is 27.6 Å². The Morgan fingerprint density at radius 1 is 1.37 bits per heavy atom. The van der Waals surface area contributed by atoms with Crippen molar-refractivity contribution in [3.63, 3.8) is 0 Å². The molecule has 100 valence electrons. The van der Waals surface area contributed by atoms with Gasteiger partial charge in [0, 0.05) is 12.5 Å². The molecule has 1 fully saturated rings. The van der Waals surface area contributed by atoms with Crippen molar-refractivity contribution < 1.29 is 9.90 Å². The smallest absolute Gasteiger partial charge is 0.356 e. The zero-order chi connectivity index (χ0) is 13.7. The zero-order valence-corrected chi connectivity index (χ0v) is 10.5. The summed E-state index contributed by atoms with van der Waals surface area (Å²) in [6, 6.07) is 2.32. The summed E-state index contributed by atoms with van der Waals surface area (Å²) in [5.41, 5.74) is -0.0555. The van der Waals surface area contributed by atoms with Crippen LogP contribution in [0.2, 0.25) is 0 Å². The van der Waals surface area contributed by atoms with E-state index in [0.29, 0.717) is 11.7 Å². The lowest BCUT2D eigenvalue weighted by Gasteiger charge is -2.24. The quantitative estimate of drug-likeness (QED) is 0.858. The fraction of sp³-hybridized carbons (Fsp3) is 0.538. The highest BCUT2D eigenvalue weighted by Crippen LogP contribution is 2.28. The van der Waals surface area contributed by atoms with Crippen molar-refractivity contribution in [3.8, 4) is 6.07 Å². The first-order chi connectivity index (χ1) is 9.19. The predicted octanol–water partition coefficient (Wildman–Crippen LogP) is 1.92. The summed E-state index contributed by atoms with van der Waals surface area (Å²) < 4.78 is 0. The van der Waals surface area contributed by atoms with E-state index in [2.05, 4.69) is 21.4 Å². The molecule has 2 N–H and O–H groups in total. The third-order valence-electron chi connectivity index (χ3n) is 3.47. The Kier molecular flexibility index (Phi) is 4.29. The van der Waals surface area contributed by atoms with E-state index in [1.165, 1.54) is 12.4 Å². The van der Waals surface area contributed by atoms with Gasteiger partial charge in [-0.2, -0.15) is 5.26 Å². The number of carbonyl (C=O) groups is 1. The molecule has 1 aromatic rings. The fourth-order valence-corrected chi connectivity index (χ4v) is 2.27. The van der Waals surface area contributed by atoms with E-state index in [4.69, 9.17) is 10.4 Å². The molecule has 0 atom stereocenters. The van der Waals surface area contributed by atoms with Gasteiger partial charge in [0.25, 0.3) is 0 Å². The Labute approximate surface area is 111 Å². The highest BCUT2D eigenvalue weighted by atomic mass is 16.4. The number of carboxylic acid groups (broad SMARTS) is 1. The molecule has 0 aromatic carbocycles. The fourth-order valence-electron chi connectivity index (χ4n) is 2.27. The third kappa shape index (κ3) is 3.65. The van der Waals surface area contributed by atoms with Crippen molar-refractivity contribution >= 4 is 11.8 Å². The third-order valence-corrected chi connectivity index (χ3v) is 3.47. The van der Waals surface area contributed by atoms with Crippen molar-refractivity contribution in [3.05, 3.63) is 18.1 Å². The van der Waals surface area contributed by atoms with E-state index >= 15 is 0 Å². The standard InChI is InChI=1S/C13H16N4O2/c14-5-9-1-3-10(4-2-9)6-16-12-8-15-11(7-17-12)13(18)19/h7-10H,1-4,6H2,(H,16,17)(H,18,19). The Morgan fingerprint density at radius 3 is 2.63 bits per heavy atom. The van der Waals surface area contributed by atoms with Crippen molar-refractivity contribution in [2.24, 2.45) is 11.8 Å². The minimum absolute atomic E-state index is 0.0555. The molecule has 0 saturated heterocycles. The molecular weight excluding hydrogens is 244 g/mol. The number of hydrogen-bond donors (Lipinski definition) is 2. The molecule has 6 nitrogen and oxygen atoms in total. The topological polar surface area (TPSA) is 98.9 Å². The summed E-state index contributed by atoms with van der Waals surface area (Å²) >= 11 is 0. The minimum Gasteiger partial charge on any atom is -0.476 e. The summed E-state index contributed by atoms with van der Waals surface area (Å²) in [5.74, 6) is 0.276. The van der Waals surface area contributed by atoms with Crippen LogP contribution in [0.3, 0.4) is 0 Å². The number of aromatic nitrogens is 2. The summed E-state index contributed by atoms with van der Waals surface area (Å²) in [6.45, 7) is 0.791. The van der Waals surface area contributed by atoms with E-state index in [1.807, 2.05) is 0 Å². The monoisotopic (exact) mass is 260 g/mol. The molecule has 1 heterocycles. The zero-order valence-electron chi connectivity index (χ0n) is 10.5. The Bertz CT molecular complexity index is 472. The number of rotatable bonds is 4. The van der Waals surface area contributed by atoms with Crippen LogP contribution in [0.5, 0.6) is 0 Å². The highest BCUT2D eigenvalue weighted by molar-refractivity contribution is 5.84. The Morgan fingerprint density at radius 2 is 2.11 bits per heavy atom. The molecule has 0 spiro atoms. The van der Waals surface area contributed by atoms with E-state index in [-0.39, 0.29) is 11.6 Å². The molecule has 0 bridgehead atoms. The minimum atomic E-state index is -1.08. The van der Waals surface area contributed by atoms with Gasteiger partial charge in [0.05, 0.1) is 18.5 Å². The van der Waals surface area contributed by atoms with Crippen LogP contribution >= 0.6 is 0 Å². The maximum absolute atomic E-state index is 10.6. The first kappa shape index (κ1) is 13.3. The molecule has 6 heteroatoms. The van der Waals surface area contributed by atoms with Gasteiger partial charge in [-0.15, -0.1) is 0 Å². The average molecular weight is 260 g/mol. The number of aromatic carboxylic acids is 1. The normalized spacial score (nSPS) is 22.5. The SMILES string of the molecule is N#CC1CCC(CNc2cnc(C(=O)O)cn2)CC1. The number of hydrogen-bond acceptors (Lipinski definition) is 5. The number of nitrogens with zero attached hydrogens (tertiary/aromatic N) is 3. The second kappa shape index (κ2) is 6.14. The first-order valence-electron chi connectivity index (χ1n) is 6.38. The van der Waals surface area contributed by atoms with Crippen LogP contribution in [0.4, 0.5) is 5.82 Å². The molecule has 0 aliphatic heterocycles. The van der Waals surface area contributed by atoms with Gasteiger partial charge in [0.2, 0.25) is 0 Å². The number of nitrogens with one attached hydrogen (secondary N) is 1. The van der Waals surface area contributed by atoms with Crippen LogP contribution in [0.1, 0.15) is 36.2 Å². The van der Waals surface area contributed by atoms with Gasteiger partial charge >= 0.3 is 5.97 Å². The van der Waals surface area contributed by atoms with E-state index in [0.717, 1.165) is 32.2 Å². The number of carboxylic acids is 1. The van der Waals surface area contributed by atoms with Crippen molar-refractivity contribution in [1.82, 2.24) is 9.97 Å². The second-order valence-electron chi connectivity index (χ2n) is 4.82. The summed E-state index contributed by atoms with van der Waals surface area (Å²) in [4.78, 5) is 18.4. The van der Waals surface area contributed by atoms with Gasteiger partial charge in [-0.1, -0.05) is 0 Å². The number of nitriles is 1. The molecule has 0 unspecified atom stereocenters. The van der Waals surface area contributed by atoms with Crippen molar-refractivity contribution in [2.75, 3.05) is 11.9 Å². The van der Waals surface area contributed by atoms with Crippen LogP contribution in [-0.2, 0) is 0 Å². The van der Waals surface area contributed by atoms with E-state index in [9.17, 15) is 4.79 Å². The van der Waals surface area contributed by atoms with E-state index in [1.54, 1.807) is 0 Å².